The molecule has 0 bridgehead atoms. The number of nitrogens with one attached hydrogen (secondary N) is 1. The maximum atomic E-state index is 12.3. The minimum absolute atomic E-state index is 0.298. The monoisotopic (exact) mass is 379 g/mol. The van der Waals surface area contributed by atoms with E-state index in [4.69, 9.17) is 23.2 Å². The van der Waals surface area contributed by atoms with Crippen molar-refractivity contribution in [1.82, 2.24) is 0 Å². The Morgan fingerprint density at radius 2 is 1.74 bits per heavy atom. The Kier molecular flexibility index (Phi) is 6.13. The number of anilines is 1. The fraction of sp³-hybridized carbons (Fsp3) is 0. The van der Waals surface area contributed by atoms with Gasteiger partial charge in [-0.1, -0.05) is 23.2 Å². The van der Waals surface area contributed by atoms with Gasteiger partial charge in [-0.05, 0) is 60.8 Å². The van der Waals surface area contributed by atoms with Gasteiger partial charge in [0.25, 0.3) is 5.91 Å². The first-order valence-corrected chi connectivity index (χ1v) is 7.68. The highest BCUT2D eigenvalue weighted by Crippen LogP contribution is 2.29. The Morgan fingerprint density at radius 3 is 2.35 bits per heavy atom. The summed E-state index contributed by atoms with van der Waals surface area (Å²) in [6.45, 7) is 0. The number of benzene rings is 2. The normalized spacial score (nSPS) is 9.48. The number of aliphatic imine (C=N–C) groups is 2. The molecule has 0 saturated heterocycles. The van der Waals surface area contributed by atoms with Crippen LogP contribution >= 0.6 is 47.6 Å². The van der Waals surface area contributed by atoms with Crippen LogP contribution in [0.3, 0.4) is 0 Å². The van der Waals surface area contributed by atoms with Crippen molar-refractivity contribution < 1.29 is 4.79 Å². The van der Waals surface area contributed by atoms with E-state index in [9.17, 15) is 4.79 Å². The zero-order valence-electron chi connectivity index (χ0n) is 11.3. The molecule has 0 aliphatic carbocycles. The third-order valence-corrected chi connectivity index (χ3v) is 3.55. The van der Waals surface area contributed by atoms with E-state index in [1.54, 1.807) is 30.3 Å². The molecule has 23 heavy (non-hydrogen) atoms. The van der Waals surface area contributed by atoms with Crippen molar-refractivity contribution in [3.8, 4) is 0 Å². The maximum Gasteiger partial charge on any atom is 0.255 e. The van der Waals surface area contributed by atoms with E-state index in [1.165, 1.54) is 6.07 Å². The number of halogens is 2. The topological polar surface area (TPSA) is 53.8 Å². The molecule has 0 aromatic heterocycles. The summed E-state index contributed by atoms with van der Waals surface area (Å²) in [7, 11) is 0. The highest BCUT2D eigenvalue weighted by molar-refractivity contribution is 7.78. The Hall–Kier alpha value is -1.91. The number of rotatable bonds is 4. The molecule has 0 unspecified atom stereocenters. The molecule has 0 aliphatic rings. The van der Waals surface area contributed by atoms with Crippen molar-refractivity contribution in [3.05, 3.63) is 52.0 Å². The van der Waals surface area contributed by atoms with E-state index in [0.717, 1.165) is 0 Å². The van der Waals surface area contributed by atoms with Gasteiger partial charge >= 0.3 is 0 Å². The number of thiocarbonyl (C=S) groups is 2. The first kappa shape index (κ1) is 17.4. The van der Waals surface area contributed by atoms with Gasteiger partial charge in [0, 0.05) is 5.56 Å². The van der Waals surface area contributed by atoms with Gasteiger partial charge in [-0.3, -0.25) is 4.79 Å². The molecule has 2 rings (SSSR count). The molecular formula is C15H7Cl2N3OS2. The van der Waals surface area contributed by atoms with Gasteiger partial charge in [-0.15, -0.1) is 0 Å². The standard InChI is InChI=1S/C15H7Cl2N3OS2/c16-11-5-9(1-3-13(11)19-8-23)15(21)20-14-4-2-10(18-7-22)6-12(14)17/h1-6H,(H,20,21). The summed E-state index contributed by atoms with van der Waals surface area (Å²) in [5, 5.41) is 7.79. The smallest absolute Gasteiger partial charge is 0.255 e. The van der Waals surface area contributed by atoms with E-state index >= 15 is 0 Å². The van der Waals surface area contributed by atoms with E-state index in [0.29, 0.717) is 32.7 Å². The Balaban J connectivity index is 2.23. The lowest BCUT2D eigenvalue weighted by molar-refractivity contribution is 0.102. The molecule has 0 heterocycles. The quantitative estimate of drug-likeness (QED) is 0.546. The molecule has 0 atom stereocenters. The van der Waals surface area contributed by atoms with Gasteiger partial charge in [0.15, 0.2) is 0 Å². The summed E-state index contributed by atoms with van der Waals surface area (Å²) in [6, 6.07) is 9.49. The molecule has 1 amide bonds. The number of hydrogen-bond acceptors (Lipinski definition) is 5. The van der Waals surface area contributed by atoms with Crippen LogP contribution < -0.4 is 5.32 Å². The molecule has 0 spiro atoms. The van der Waals surface area contributed by atoms with Crippen molar-refractivity contribution >= 4 is 80.9 Å². The van der Waals surface area contributed by atoms with Crippen molar-refractivity contribution in [2.75, 3.05) is 5.32 Å². The number of nitrogens with zero attached hydrogens (tertiary/aromatic N) is 2. The SMILES string of the molecule is O=C(Nc1ccc(N=C=S)cc1Cl)c1ccc(N=C=S)c(Cl)c1. The first-order chi connectivity index (χ1) is 11.0. The molecule has 8 heteroatoms. The average molecular weight is 380 g/mol. The molecule has 114 valence electrons. The van der Waals surface area contributed by atoms with E-state index in [-0.39, 0.29) is 5.91 Å². The maximum absolute atomic E-state index is 12.3. The summed E-state index contributed by atoms with van der Waals surface area (Å²) in [4.78, 5) is 19.8. The Bertz CT molecular complexity index is 873. The lowest BCUT2D eigenvalue weighted by Gasteiger charge is -2.08. The number of isothiocyanates is 2. The molecular weight excluding hydrogens is 373 g/mol. The van der Waals surface area contributed by atoms with Crippen LogP contribution in [0.2, 0.25) is 10.0 Å². The van der Waals surface area contributed by atoms with E-state index in [2.05, 4.69) is 50.1 Å². The van der Waals surface area contributed by atoms with Crippen LogP contribution in [0.4, 0.5) is 17.1 Å². The predicted octanol–water partition coefficient (Wildman–Crippen LogP) is 5.71. The molecule has 0 radical (unpaired) electrons. The fourth-order valence-corrected chi connectivity index (χ4v) is 2.36. The molecule has 0 fully saturated rings. The van der Waals surface area contributed by atoms with Crippen LogP contribution in [0.5, 0.6) is 0 Å². The van der Waals surface area contributed by atoms with Gasteiger partial charge in [-0.25, -0.2) is 0 Å². The second-order valence-corrected chi connectivity index (χ2v) is 5.37. The van der Waals surface area contributed by atoms with Gasteiger partial charge in [0.05, 0.1) is 37.4 Å². The van der Waals surface area contributed by atoms with E-state index < -0.39 is 0 Å². The summed E-state index contributed by atoms with van der Waals surface area (Å²) in [5.74, 6) is -0.363. The zero-order valence-corrected chi connectivity index (χ0v) is 14.5. The third-order valence-electron chi connectivity index (χ3n) is 2.75. The van der Waals surface area contributed by atoms with Crippen molar-refractivity contribution in [1.29, 1.82) is 0 Å². The lowest BCUT2D eigenvalue weighted by Crippen LogP contribution is -2.12. The number of carbonyl (C=O) groups is 1. The van der Waals surface area contributed by atoms with Crippen LogP contribution in [0.25, 0.3) is 0 Å². The minimum atomic E-state index is -0.363. The minimum Gasteiger partial charge on any atom is -0.321 e. The Labute approximate surface area is 152 Å². The molecule has 2 aromatic carbocycles. The summed E-state index contributed by atoms with van der Waals surface area (Å²) in [6.07, 6.45) is 0. The van der Waals surface area contributed by atoms with E-state index in [1.807, 2.05) is 0 Å². The second-order valence-electron chi connectivity index (χ2n) is 4.19. The second kappa shape index (κ2) is 8.09. The van der Waals surface area contributed by atoms with Crippen molar-refractivity contribution in [2.45, 2.75) is 0 Å². The van der Waals surface area contributed by atoms with Crippen LogP contribution in [-0.4, -0.2) is 16.2 Å². The molecule has 1 N–H and O–H groups in total. The van der Waals surface area contributed by atoms with Crippen LogP contribution in [0.1, 0.15) is 10.4 Å². The fourth-order valence-electron chi connectivity index (χ4n) is 1.71. The van der Waals surface area contributed by atoms with Gasteiger partial charge < -0.3 is 5.32 Å². The number of amides is 1. The van der Waals surface area contributed by atoms with Gasteiger partial charge in [0.1, 0.15) is 0 Å². The molecule has 2 aromatic rings. The summed E-state index contributed by atoms with van der Waals surface area (Å²) >= 11 is 21.2. The Morgan fingerprint density at radius 1 is 1.00 bits per heavy atom. The average Bonchev–Trinajstić information content (AvgIpc) is 2.52. The van der Waals surface area contributed by atoms with Crippen LogP contribution in [0.15, 0.2) is 46.4 Å². The highest BCUT2D eigenvalue weighted by atomic mass is 35.5. The lowest BCUT2D eigenvalue weighted by atomic mass is 10.2. The number of hydrogen-bond donors (Lipinski definition) is 1. The van der Waals surface area contributed by atoms with Gasteiger partial charge in [-0.2, -0.15) is 9.98 Å². The number of carbonyl (C=O) groups excluding carboxylic acids is 1. The predicted molar refractivity (Wildman–Crippen MR) is 100 cm³/mol. The first-order valence-electron chi connectivity index (χ1n) is 6.11. The molecule has 0 aliphatic heterocycles. The van der Waals surface area contributed by atoms with Gasteiger partial charge in [0.2, 0.25) is 0 Å². The zero-order chi connectivity index (χ0) is 16.8. The largest absolute Gasteiger partial charge is 0.321 e. The molecule has 0 saturated carbocycles. The van der Waals surface area contributed by atoms with Crippen LogP contribution in [-0.2, 0) is 0 Å². The summed E-state index contributed by atoms with van der Waals surface area (Å²) in [5.41, 5.74) is 1.79. The van der Waals surface area contributed by atoms with Crippen molar-refractivity contribution in [2.24, 2.45) is 9.98 Å². The van der Waals surface area contributed by atoms with Crippen LogP contribution in [0, 0.1) is 0 Å². The highest BCUT2D eigenvalue weighted by Gasteiger charge is 2.11. The summed E-state index contributed by atoms with van der Waals surface area (Å²) < 4.78 is 0. The molecule has 4 nitrogen and oxygen atoms in total. The van der Waals surface area contributed by atoms with Crippen molar-refractivity contribution in [3.63, 3.8) is 0 Å². The third kappa shape index (κ3) is 4.53.